The van der Waals surface area contributed by atoms with Crippen molar-refractivity contribution in [1.29, 1.82) is 0 Å². The fourth-order valence-corrected chi connectivity index (χ4v) is 5.71. The Kier molecular flexibility index (Phi) is 5.35. The van der Waals surface area contributed by atoms with Crippen LogP contribution in [0.2, 0.25) is 0 Å². The number of nitrogens with zero attached hydrogens (tertiary/aromatic N) is 1. The number of sulfonamides is 1. The molecule has 6 heteroatoms. The van der Waals surface area contributed by atoms with Gasteiger partial charge in [-0.15, -0.1) is 0 Å². The fraction of sp³-hybridized carbons (Fsp3) is 0.240. The molecule has 4 rings (SSSR count). The van der Waals surface area contributed by atoms with E-state index in [2.05, 4.69) is 19.2 Å². The summed E-state index contributed by atoms with van der Waals surface area (Å²) in [4.78, 5) is 13.1. The summed E-state index contributed by atoms with van der Waals surface area (Å²) in [7, 11) is -3.86. The van der Waals surface area contributed by atoms with Gasteiger partial charge in [0.1, 0.15) is 6.54 Å². The number of benzene rings is 3. The van der Waals surface area contributed by atoms with Crippen LogP contribution in [0.25, 0.3) is 11.1 Å². The van der Waals surface area contributed by atoms with Crippen molar-refractivity contribution in [2.75, 3.05) is 16.2 Å². The summed E-state index contributed by atoms with van der Waals surface area (Å²) in [5.41, 5.74) is 5.86. The van der Waals surface area contributed by atoms with Gasteiger partial charge in [0.2, 0.25) is 5.91 Å². The second-order valence-corrected chi connectivity index (χ2v) is 10.2. The highest BCUT2D eigenvalue weighted by molar-refractivity contribution is 7.93. The molecule has 0 saturated heterocycles. The van der Waals surface area contributed by atoms with Gasteiger partial charge < -0.3 is 5.32 Å². The lowest BCUT2D eigenvalue weighted by atomic mass is 9.95. The van der Waals surface area contributed by atoms with Crippen LogP contribution in [0.4, 0.5) is 11.4 Å². The molecular weight excluding hydrogens is 408 g/mol. The first kappa shape index (κ1) is 21.1. The molecule has 3 aromatic rings. The molecule has 1 N–H and O–H groups in total. The SMILES string of the molecule is Cc1cc(C)cc(NC(=O)CN2c3ccc(C(C)C)cc3-c3ccccc3S2(=O)=O)c1. The predicted octanol–water partition coefficient (Wildman–Crippen LogP) is 5.24. The van der Waals surface area contributed by atoms with E-state index in [0.717, 1.165) is 22.3 Å². The van der Waals surface area contributed by atoms with Crippen molar-refractivity contribution in [2.45, 2.75) is 38.5 Å². The quantitative estimate of drug-likeness (QED) is 0.611. The molecule has 31 heavy (non-hydrogen) atoms. The van der Waals surface area contributed by atoms with E-state index in [1.807, 2.05) is 62.4 Å². The van der Waals surface area contributed by atoms with Gasteiger partial charge in [-0.1, -0.05) is 44.2 Å². The fourth-order valence-electron chi connectivity index (χ4n) is 4.06. The minimum Gasteiger partial charge on any atom is -0.324 e. The van der Waals surface area contributed by atoms with Gasteiger partial charge in [0, 0.05) is 16.8 Å². The molecule has 5 nitrogen and oxygen atoms in total. The summed E-state index contributed by atoms with van der Waals surface area (Å²) < 4.78 is 28.1. The monoisotopic (exact) mass is 434 g/mol. The van der Waals surface area contributed by atoms with Crippen LogP contribution in [-0.4, -0.2) is 20.9 Å². The molecule has 1 aliphatic rings. The Hall–Kier alpha value is -3.12. The first-order valence-electron chi connectivity index (χ1n) is 10.3. The van der Waals surface area contributed by atoms with Crippen molar-refractivity contribution in [2.24, 2.45) is 0 Å². The van der Waals surface area contributed by atoms with Gasteiger partial charge in [0.05, 0.1) is 10.6 Å². The number of carbonyl (C=O) groups excluding carboxylic acids is 1. The van der Waals surface area contributed by atoms with Crippen LogP contribution in [-0.2, 0) is 14.8 Å². The van der Waals surface area contributed by atoms with Crippen molar-refractivity contribution >= 4 is 27.3 Å². The second kappa shape index (κ2) is 7.85. The lowest BCUT2D eigenvalue weighted by Gasteiger charge is -2.32. The topological polar surface area (TPSA) is 66.5 Å². The predicted molar refractivity (Wildman–Crippen MR) is 125 cm³/mol. The zero-order chi connectivity index (χ0) is 22.3. The van der Waals surface area contributed by atoms with E-state index in [4.69, 9.17) is 0 Å². The number of nitrogens with one attached hydrogen (secondary N) is 1. The Labute approximate surface area is 183 Å². The summed E-state index contributed by atoms with van der Waals surface area (Å²) in [5.74, 6) is -0.0795. The van der Waals surface area contributed by atoms with Crippen LogP contribution in [0, 0.1) is 13.8 Å². The Bertz CT molecular complexity index is 1260. The molecular formula is C25H26N2O3S. The molecule has 0 radical (unpaired) electrons. The van der Waals surface area contributed by atoms with Gasteiger partial charge in [0.25, 0.3) is 10.0 Å². The second-order valence-electron chi connectivity index (χ2n) is 8.36. The summed E-state index contributed by atoms with van der Waals surface area (Å²) in [6, 6.07) is 18.5. The van der Waals surface area contributed by atoms with Crippen LogP contribution >= 0.6 is 0 Å². The molecule has 160 valence electrons. The number of rotatable bonds is 4. The zero-order valence-corrected chi connectivity index (χ0v) is 19.0. The molecule has 0 spiro atoms. The third kappa shape index (κ3) is 3.95. The highest BCUT2D eigenvalue weighted by Crippen LogP contribution is 2.43. The lowest BCUT2D eigenvalue weighted by Crippen LogP contribution is -2.40. The molecule has 0 bridgehead atoms. The van der Waals surface area contributed by atoms with E-state index in [9.17, 15) is 13.2 Å². The smallest absolute Gasteiger partial charge is 0.265 e. The van der Waals surface area contributed by atoms with E-state index in [1.165, 1.54) is 4.31 Å². The van der Waals surface area contributed by atoms with E-state index >= 15 is 0 Å². The highest BCUT2D eigenvalue weighted by atomic mass is 32.2. The van der Waals surface area contributed by atoms with Crippen LogP contribution in [0.3, 0.4) is 0 Å². The van der Waals surface area contributed by atoms with Crippen molar-refractivity contribution in [3.8, 4) is 11.1 Å². The van der Waals surface area contributed by atoms with E-state index in [0.29, 0.717) is 22.9 Å². The van der Waals surface area contributed by atoms with Gasteiger partial charge in [0.15, 0.2) is 0 Å². The van der Waals surface area contributed by atoms with Crippen molar-refractivity contribution < 1.29 is 13.2 Å². The number of amides is 1. The Morgan fingerprint density at radius 3 is 2.29 bits per heavy atom. The molecule has 1 aliphatic heterocycles. The number of anilines is 2. The largest absolute Gasteiger partial charge is 0.324 e. The van der Waals surface area contributed by atoms with Crippen molar-refractivity contribution in [3.63, 3.8) is 0 Å². The average molecular weight is 435 g/mol. The van der Waals surface area contributed by atoms with E-state index < -0.39 is 10.0 Å². The molecule has 1 amide bonds. The van der Waals surface area contributed by atoms with Gasteiger partial charge in [-0.3, -0.25) is 9.10 Å². The standard InChI is InChI=1S/C25H26N2O3S/c1-16(2)19-9-10-23-22(14-19)21-7-5-6-8-24(21)31(29,30)27(23)15-25(28)26-20-12-17(3)11-18(4)13-20/h5-14,16H,15H2,1-4H3,(H,26,28). The summed E-state index contributed by atoms with van der Waals surface area (Å²) in [6.45, 7) is 7.82. The number of hydrogen-bond acceptors (Lipinski definition) is 3. The minimum absolute atomic E-state index is 0.225. The minimum atomic E-state index is -3.86. The van der Waals surface area contributed by atoms with Crippen LogP contribution in [0.1, 0.15) is 36.5 Å². The molecule has 3 aromatic carbocycles. The number of fused-ring (bicyclic) bond motifs is 3. The third-order valence-electron chi connectivity index (χ3n) is 5.49. The Morgan fingerprint density at radius 1 is 0.935 bits per heavy atom. The van der Waals surface area contributed by atoms with Gasteiger partial charge in [-0.2, -0.15) is 0 Å². The lowest BCUT2D eigenvalue weighted by molar-refractivity contribution is -0.114. The van der Waals surface area contributed by atoms with Gasteiger partial charge >= 0.3 is 0 Å². The van der Waals surface area contributed by atoms with E-state index in [1.54, 1.807) is 12.1 Å². The van der Waals surface area contributed by atoms with Gasteiger partial charge in [-0.05, 0) is 66.8 Å². The first-order valence-corrected chi connectivity index (χ1v) is 11.7. The van der Waals surface area contributed by atoms with Crippen molar-refractivity contribution in [3.05, 3.63) is 77.4 Å². The summed E-state index contributed by atoms with van der Waals surface area (Å²) >= 11 is 0. The van der Waals surface area contributed by atoms with Crippen LogP contribution in [0.5, 0.6) is 0 Å². The number of carbonyl (C=O) groups is 1. The first-order chi connectivity index (χ1) is 14.7. The molecule has 0 unspecified atom stereocenters. The molecule has 0 saturated carbocycles. The molecule has 1 heterocycles. The maximum Gasteiger partial charge on any atom is 0.265 e. The Morgan fingerprint density at radius 2 is 1.61 bits per heavy atom. The molecule has 0 aromatic heterocycles. The number of aryl methyl sites for hydroxylation is 2. The highest BCUT2D eigenvalue weighted by Gasteiger charge is 2.36. The third-order valence-corrected chi connectivity index (χ3v) is 7.31. The summed E-state index contributed by atoms with van der Waals surface area (Å²) in [5, 5.41) is 2.85. The van der Waals surface area contributed by atoms with Crippen LogP contribution < -0.4 is 9.62 Å². The zero-order valence-electron chi connectivity index (χ0n) is 18.1. The summed E-state index contributed by atoms with van der Waals surface area (Å²) in [6.07, 6.45) is 0. The van der Waals surface area contributed by atoms with Gasteiger partial charge in [-0.25, -0.2) is 8.42 Å². The molecule has 0 atom stereocenters. The van der Waals surface area contributed by atoms with Crippen molar-refractivity contribution in [1.82, 2.24) is 0 Å². The maximum absolute atomic E-state index is 13.4. The number of hydrogen-bond donors (Lipinski definition) is 1. The maximum atomic E-state index is 13.4. The molecule has 0 aliphatic carbocycles. The van der Waals surface area contributed by atoms with E-state index in [-0.39, 0.29) is 17.3 Å². The van der Waals surface area contributed by atoms with Crippen LogP contribution in [0.15, 0.2) is 65.6 Å². The molecule has 0 fully saturated rings. The normalized spacial score (nSPS) is 14.2. The Balaban J connectivity index is 1.75. The average Bonchev–Trinajstić information content (AvgIpc) is 2.70.